The highest BCUT2D eigenvalue weighted by molar-refractivity contribution is 5.89. The average Bonchev–Trinajstić information content (AvgIpc) is 3.24. The van der Waals surface area contributed by atoms with Crippen molar-refractivity contribution < 1.29 is 4.79 Å². The molecule has 0 unspecified atom stereocenters. The summed E-state index contributed by atoms with van der Waals surface area (Å²) in [5, 5.41) is 21.5. The molecule has 4 rings (SSSR count). The van der Waals surface area contributed by atoms with Gasteiger partial charge in [0, 0.05) is 36.6 Å². The lowest BCUT2D eigenvalue weighted by atomic mass is 10.3. The van der Waals surface area contributed by atoms with E-state index in [0.717, 1.165) is 18.7 Å². The second kappa shape index (κ2) is 7.56. The van der Waals surface area contributed by atoms with Crippen molar-refractivity contribution in [3.63, 3.8) is 0 Å². The molecule has 0 atom stereocenters. The first kappa shape index (κ1) is 17.2. The van der Waals surface area contributed by atoms with Gasteiger partial charge in [-0.05, 0) is 60.9 Å². The molecule has 1 fully saturated rings. The van der Waals surface area contributed by atoms with Gasteiger partial charge in [-0.3, -0.25) is 4.68 Å². The summed E-state index contributed by atoms with van der Waals surface area (Å²) < 4.78 is 3.67. The summed E-state index contributed by atoms with van der Waals surface area (Å²) >= 11 is 0. The molecule has 1 aliphatic carbocycles. The van der Waals surface area contributed by atoms with Gasteiger partial charge in [-0.1, -0.05) is 6.07 Å². The zero-order valence-corrected chi connectivity index (χ0v) is 15.2. The molecule has 2 aromatic heterocycles. The number of aromatic nitrogens is 6. The van der Waals surface area contributed by atoms with Crippen molar-refractivity contribution in [2.24, 2.45) is 0 Å². The van der Waals surface area contributed by atoms with Crippen LogP contribution in [0.2, 0.25) is 0 Å². The highest BCUT2D eigenvalue weighted by atomic mass is 16.2. The number of anilines is 1. The molecule has 0 bridgehead atoms. The number of nitrogens with one attached hydrogen (secondary N) is 2. The first-order valence-corrected chi connectivity index (χ1v) is 9.13. The highest BCUT2D eigenvalue weighted by Crippen LogP contribution is 2.39. The summed E-state index contributed by atoms with van der Waals surface area (Å²) in [6.07, 6.45) is 5.21. The van der Waals surface area contributed by atoms with E-state index < -0.39 is 0 Å². The van der Waals surface area contributed by atoms with E-state index in [1.807, 2.05) is 37.4 Å². The summed E-state index contributed by atoms with van der Waals surface area (Å²) in [7, 11) is 0. The van der Waals surface area contributed by atoms with Crippen molar-refractivity contribution in [1.29, 1.82) is 0 Å². The first-order chi connectivity index (χ1) is 13.2. The van der Waals surface area contributed by atoms with Crippen LogP contribution in [-0.2, 0) is 6.54 Å². The van der Waals surface area contributed by atoms with Gasteiger partial charge >= 0.3 is 6.03 Å². The van der Waals surface area contributed by atoms with Gasteiger partial charge in [0.25, 0.3) is 0 Å². The molecule has 140 valence electrons. The minimum Gasteiger partial charge on any atom is -0.338 e. The van der Waals surface area contributed by atoms with Gasteiger partial charge in [0.1, 0.15) is 0 Å². The zero-order chi connectivity index (χ0) is 18.6. The molecular weight excluding hydrogens is 344 g/mol. The smallest absolute Gasteiger partial charge is 0.319 e. The van der Waals surface area contributed by atoms with E-state index in [9.17, 15) is 4.79 Å². The molecule has 9 nitrogen and oxygen atoms in total. The molecule has 0 radical (unpaired) electrons. The van der Waals surface area contributed by atoms with E-state index in [0.29, 0.717) is 24.0 Å². The SMILES string of the molecule is Cc1nnnn1-c1cccc(NC(=O)NCCCn2nccc2C2CC2)c1. The van der Waals surface area contributed by atoms with Crippen LogP contribution in [0, 0.1) is 6.92 Å². The number of tetrazole rings is 1. The lowest BCUT2D eigenvalue weighted by molar-refractivity contribution is 0.251. The fourth-order valence-corrected chi connectivity index (χ4v) is 3.05. The Morgan fingerprint density at radius 1 is 1.30 bits per heavy atom. The third kappa shape index (κ3) is 4.13. The van der Waals surface area contributed by atoms with Crippen LogP contribution in [0.15, 0.2) is 36.5 Å². The minimum absolute atomic E-state index is 0.233. The van der Waals surface area contributed by atoms with E-state index in [-0.39, 0.29) is 6.03 Å². The molecule has 2 heterocycles. The largest absolute Gasteiger partial charge is 0.338 e. The molecule has 9 heteroatoms. The summed E-state index contributed by atoms with van der Waals surface area (Å²) in [5.41, 5.74) is 2.79. The van der Waals surface area contributed by atoms with Crippen LogP contribution in [0.3, 0.4) is 0 Å². The Balaban J connectivity index is 1.26. The van der Waals surface area contributed by atoms with Gasteiger partial charge in [-0.25, -0.2) is 4.79 Å². The van der Waals surface area contributed by atoms with Crippen LogP contribution in [0.4, 0.5) is 10.5 Å². The highest BCUT2D eigenvalue weighted by Gasteiger charge is 2.26. The van der Waals surface area contributed by atoms with Gasteiger partial charge in [-0.15, -0.1) is 5.10 Å². The lowest BCUT2D eigenvalue weighted by Gasteiger charge is -2.10. The standard InChI is InChI=1S/C18H22N8O/c1-13-22-23-24-26(13)16-5-2-4-15(12-16)21-18(27)19-9-3-11-25-17(8-10-20-25)14-6-7-14/h2,4-5,8,10,12,14H,3,6-7,9,11H2,1H3,(H2,19,21,27). The number of benzene rings is 1. The van der Waals surface area contributed by atoms with Crippen LogP contribution < -0.4 is 10.6 Å². The molecule has 1 aliphatic rings. The predicted molar refractivity (Wildman–Crippen MR) is 99.7 cm³/mol. The van der Waals surface area contributed by atoms with Gasteiger partial charge in [0.15, 0.2) is 5.82 Å². The Morgan fingerprint density at radius 3 is 2.96 bits per heavy atom. The molecule has 27 heavy (non-hydrogen) atoms. The van der Waals surface area contributed by atoms with Crippen molar-refractivity contribution in [2.45, 2.75) is 38.6 Å². The summed E-state index contributed by atoms with van der Waals surface area (Å²) in [5.74, 6) is 1.36. The zero-order valence-electron chi connectivity index (χ0n) is 15.2. The summed E-state index contributed by atoms with van der Waals surface area (Å²) in [4.78, 5) is 12.1. The number of hydrogen-bond acceptors (Lipinski definition) is 5. The third-order valence-electron chi connectivity index (χ3n) is 4.55. The van der Waals surface area contributed by atoms with Crippen molar-refractivity contribution in [3.8, 4) is 5.69 Å². The Hall–Kier alpha value is -3.23. The van der Waals surface area contributed by atoms with E-state index in [4.69, 9.17) is 0 Å². The number of nitrogens with zero attached hydrogens (tertiary/aromatic N) is 6. The Kier molecular flexibility index (Phi) is 4.82. The normalized spacial score (nSPS) is 13.5. The Labute approximate surface area is 156 Å². The Bertz CT molecular complexity index is 927. The van der Waals surface area contributed by atoms with E-state index >= 15 is 0 Å². The van der Waals surface area contributed by atoms with Crippen molar-refractivity contribution in [1.82, 2.24) is 35.3 Å². The molecule has 0 saturated heterocycles. The van der Waals surface area contributed by atoms with Gasteiger partial charge < -0.3 is 10.6 Å². The van der Waals surface area contributed by atoms with Gasteiger partial charge in [-0.2, -0.15) is 9.78 Å². The molecule has 2 N–H and O–H groups in total. The van der Waals surface area contributed by atoms with Gasteiger partial charge in [0.2, 0.25) is 0 Å². The van der Waals surface area contributed by atoms with Gasteiger partial charge in [0.05, 0.1) is 5.69 Å². The summed E-state index contributed by atoms with van der Waals surface area (Å²) in [6, 6.07) is 9.25. The maximum absolute atomic E-state index is 12.1. The number of rotatable bonds is 7. The number of urea groups is 1. The van der Waals surface area contributed by atoms with E-state index in [2.05, 4.69) is 42.0 Å². The fraction of sp³-hybridized carbons (Fsp3) is 0.389. The Morgan fingerprint density at radius 2 is 2.19 bits per heavy atom. The molecule has 0 aliphatic heterocycles. The number of hydrogen-bond donors (Lipinski definition) is 2. The monoisotopic (exact) mass is 366 g/mol. The number of carbonyl (C=O) groups excluding carboxylic acids is 1. The second-order valence-corrected chi connectivity index (χ2v) is 6.68. The van der Waals surface area contributed by atoms with Crippen LogP contribution in [-0.4, -0.2) is 42.6 Å². The van der Waals surface area contributed by atoms with E-state index in [1.54, 1.807) is 4.68 Å². The van der Waals surface area contributed by atoms with Crippen LogP contribution in [0.1, 0.15) is 36.7 Å². The second-order valence-electron chi connectivity index (χ2n) is 6.68. The van der Waals surface area contributed by atoms with E-state index in [1.165, 1.54) is 18.5 Å². The first-order valence-electron chi connectivity index (χ1n) is 9.13. The number of amides is 2. The molecule has 2 amide bonds. The molecule has 1 aromatic carbocycles. The number of carbonyl (C=O) groups is 1. The topological polar surface area (TPSA) is 103 Å². The summed E-state index contributed by atoms with van der Waals surface area (Å²) in [6.45, 7) is 3.22. The lowest BCUT2D eigenvalue weighted by Crippen LogP contribution is -2.30. The molecule has 3 aromatic rings. The molecule has 1 saturated carbocycles. The average molecular weight is 366 g/mol. The quantitative estimate of drug-likeness (QED) is 0.625. The van der Waals surface area contributed by atoms with Crippen molar-refractivity contribution in [3.05, 3.63) is 48.0 Å². The van der Waals surface area contributed by atoms with Crippen molar-refractivity contribution in [2.75, 3.05) is 11.9 Å². The van der Waals surface area contributed by atoms with Crippen molar-refractivity contribution >= 4 is 11.7 Å². The third-order valence-corrected chi connectivity index (χ3v) is 4.55. The molecule has 0 spiro atoms. The maximum Gasteiger partial charge on any atom is 0.319 e. The minimum atomic E-state index is -0.233. The van der Waals surface area contributed by atoms with Crippen LogP contribution in [0.25, 0.3) is 5.69 Å². The maximum atomic E-state index is 12.1. The van der Waals surface area contributed by atoms with Crippen LogP contribution >= 0.6 is 0 Å². The fourth-order valence-electron chi connectivity index (χ4n) is 3.05. The molecular formula is C18H22N8O. The predicted octanol–water partition coefficient (Wildman–Crippen LogP) is 2.26. The number of aryl methyl sites for hydroxylation is 2. The van der Waals surface area contributed by atoms with Crippen LogP contribution in [0.5, 0.6) is 0 Å².